The first-order valence-electron chi connectivity index (χ1n) is 7.63. The maximum Gasteiger partial charge on any atom is 0.0948 e. The Morgan fingerprint density at radius 2 is 2.21 bits per heavy atom. The van der Waals surface area contributed by atoms with Crippen LogP contribution in [0.15, 0.2) is 12.5 Å². The van der Waals surface area contributed by atoms with Gasteiger partial charge in [0, 0.05) is 30.4 Å². The van der Waals surface area contributed by atoms with Crippen LogP contribution in [0.5, 0.6) is 0 Å². The molecular weight excluding hydrogens is 236 g/mol. The van der Waals surface area contributed by atoms with Gasteiger partial charge in [-0.05, 0) is 39.0 Å². The zero-order valence-electron chi connectivity index (χ0n) is 12.7. The van der Waals surface area contributed by atoms with Gasteiger partial charge in [0.1, 0.15) is 0 Å². The second-order valence-electron chi connectivity index (χ2n) is 5.84. The van der Waals surface area contributed by atoms with Crippen LogP contribution in [-0.4, -0.2) is 47.2 Å². The highest BCUT2D eigenvalue weighted by Crippen LogP contribution is 2.29. The number of hydrogen-bond donors (Lipinski definition) is 1. The predicted octanol–water partition coefficient (Wildman–Crippen LogP) is 1.87. The molecular formula is C15H28N4. The minimum Gasteiger partial charge on any atom is -0.334 e. The van der Waals surface area contributed by atoms with E-state index in [0.29, 0.717) is 0 Å². The first-order valence-corrected chi connectivity index (χ1v) is 7.63. The summed E-state index contributed by atoms with van der Waals surface area (Å²) < 4.78 is 2.36. The van der Waals surface area contributed by atoms with Crippen LogP contribution >= 0.6 is 0 Å². The van der Waals surface area contributed by atoms with E-state index in [1.807, 2.05) is 6.33 Å². The molecule has 2 heterocycles. The molecule has 1 atom stereocenters. The van der Waals surface area contributed by atoms with Crippen LogP contribution in [0.3, 0.4) is 0 Å². The third-order valence-corrected chi connectivity index (χ3v) is 4.47. The monoisotopic (exact) mass is 264 g/mol. The molecule has 2 rings (SSSR count). The van der Waals surface area contributed by atoms with Gasteiger partial charge in [-0.25, -0.2) is 4.98 Å². The summed E-state index contributed by atoms with van der Waals surface area (Å²) in [6.45, 7) is 13.6. The van der Waals surface area contributed by atoms with E-state index in [1.165, 1.54) is 25.1 Å². The van der Waals surface area contributed by atoms with Crippen molar-refractivity contribution in [3.05, 3.63) is 18.2 Å². The fourth-order valence-electron chi connectivity index (χ4n) is 3.04. The van der Waals surface area contributed by atoms with Crippen LogP contribution in [0.25, 0.3) is 0 Å². The Morgan fingerprint density at radius 3 is 2.84 bits per heavy atom. The molecule has 0 saturated carbocycles. The summed E-state index contributed by atoms with van der Waals surface area (Å²) in [4.78, 5) is 6.85. The lowest BCUT2D eigenvalue weighted by atomic mass is 9.86. The Hall–Kier alpha value is -0.870. The van der Waals surface area contributed by atoms with Crippen LogP contribution in [0, 0.1) is 0 Å². The molecule has 0 aliphatic carbocycles. The van der Waals surface area contributed by atoms with Crippen molar-refractivity contribution in [1.82, 2.24) is 19.8 Å². The number of imidazole rings is 1. The second kappa shape index (κ2) is 6.53. The predicted molar refractivity (Wildman–Crippen MR) is 79.5 cm³/mol. The first-order chi connectivity index (χ1) is 9.19. The zero-order valence-corrected chi connectivity index (χ0v) is 12.7. The van der Waals surface area contributed by atoms with Crippen LogP contribution in [-0.2, 0) is 12.0 Å². The summed E-state index contributed by atoms with van der Waals surface area (Å²) in [5.41, 5.74) is 1.67. The smallest absolute Gasteiger partial charge is 0.0948 e. The quantitative estimate of drug-likeness (QED) is 0.816. The summed E-state index contributed by atoms with van der Waals surface area (Å²) in [5, 5.41) is 3.47. The van der Waals surface area contributed by atoms with E-state index < -0.39 is 0 Å². The fraction of sp³-hybridized carbons (Fsp3) is 0.800. The van der Waals surface area contributed by atoms with Crippen LogP contribution in [0.2, 0.25) is 0 Å². The minimum atomic E-state index is 0.270. The van der Waals surface area contributed by atoms with Gasteiger partial charge in [0.25, 0.3) is 0 Å². The highest BCUT2D eigenvalue weighted by atomic mass is 15.1. The molecule has 4 nitrogen and oxygen atoms in total. The third-order valence-electron chi connectivity index (χ3n) is 4.47. The number of nitrogens with zero attached hydrogens (tertiary/aromatic N) is 3. The van der Waals surface area contributed by atoms with Gasteiger partial charge >= 0.3 is 0 Å². The largest absolute Gasteiger partial charge is 0.334 e. The lowest BCUT2D eigenvalue weighted by Gasteiger charge is -2.25. The van der Waals surface area contributed by atoms with Gasteiger partial charge in [-0.1, -0.05) is 20.8 Å². The zero-order chi connectivity index (χ0) is 13.7. The molecule has 0 bridgehead atoms. The average molecular weight is 264 g/mol. The Morgan fingerprint density at radius 1 is 1.42 bits per heavy atom. The molecule has 1 aromatic heterocycles. The molecule has 0 amide bonds. The average Bonchev–Trinajstić information content (AvgIpc) is 3.04. The Bertz CT molecular complexity index is 375. The molecule has 0 aromatic carbocycles. The van der Waals surface area contributed by atoms with E-state index in [9.17, 15) is 0 Å². The van der Waals surface area contributed by atoms with E-state index in [-0.39, 0.29) is 5.41 Å². The number of rotatable bonds is 7. The first kappa shape index (κ1) is 14.5. The lowest BCUT2D eigenvalue weighted by Crippen LogP contribution is -2.29. The SMILES string of the molecule is CCN(CC)CCCn1cncc1C1(C)CCNC1. The van der Waals surface area contributed by atoms with E-state index in [4.69, 9.17) is 0 Å². The van der Waals surface area contributed by atoms with E-state index in [2.05, 4.69) is 46.7 Å². The number of nitrogens with one attached hydrogen (secondary N) is 1. The topological polar surface area (TPSA) is 33.1 Å². The molecule has 1 fully saturated rings. The summed E-state index contributed by atoms with van der Waals surface area (Å²) in [7, 11) is 0. The molecule has 108 valence electrons. The Balaban J connectivity index is 1.93. The molecule has 1 aromatic rings. The number of aryl methyl sites for hydroxylation is 1. The number of hydrogen-bond acceptors (Lipinski definition) is 3. The van der Waals surface area contributed by atoms with Gasteiger partial charge in [-0.15, -0.1) is 0 Å². The summed E-state index contributed by atoms with van der Waals surface area (Å²) in [6.07, 6.45) is 6.48. The van der Waals surface area contributed by atoms with Crippen molar-refractivity contribution >= 4 is 0 Å². The van der Waals surface area contributed by atoms with Crippen molar-refractivity contribution in [2.45, 2.75) is 45.6 Å². The summed E-state index contributed by atoms with van der Waals surface area (Å²) in [5.74, 6) is 0. The van der Waals surface area contributed by atoms with Crippen molar-refractivity contribution in [1.29, 1.82) is 0 Å². The highest BCUT2D eigenvalue weighted by Gasteiger charge is 2.33. The summed E-state index contributed by atoms with van der Waals surface area (Å²) in [6, 6.07) is 0. The normalized spacial score (nSPS) is 23.4. The number of aromatic nitrogens is 2. The van der Waals surface area contributed by atoms with Crippen molar-refractivity contribution in [3.8, 4) is 0 Å². The van der Waals surface area contributed by atoms with Crippen molar-refractivity contribution in [2.24, 2.45) is 0 Å². The molecule has 1 aliphatic rings. The van der Waals surface area contributed by atoms with Gasteiger partial charge in [-0.3, -0.25) is 0 Å². The lowest BCUT2D eigenvalue weighted by molar-refractivity contribution is 0.291. The molecule has 19 heavy (non-hydrogen) atoms. The van der Waals surface area contributed by atoms with Crippen LogP contribution in [0.4, 0.5) is 0 Å². The molecule has 1 aliphatic heterocycles. The van der Waals surface area contributed by atoms with E-state index in [0.717, 1.165) is 32.7 Å². The molecule has 1 unspecified atom stereocenters. The minimum absolute atomic E-state index is 0.270. The van der Waals surface area contributed by atoms with Crippen molar-refractivity contribution in [2.75, 3.05) is 32.7 Å². The van der Waals surface area contributed by atoms with Gasteiger partial charge in [0.2, 0.25) is 0 Å². The van der Waals surface area contributed by atoms with Gasteiger partial charge in [-0.2, -0.15) is 0 Å². The third kappa shape index (κ3) is 3.37. The van der Waals surface area contributed by atoms with E-state index in [1.54, 1.807) is 0 Å². The Kier molecular flexibility index (Phi) is 4.99. The summed E-state index contributed by atoms with van der Waals surface area (Å²) >= 11 is 0. The maximum atomic E-state index is 4.37. The molecule has 0 radical (unpaired) electrons. The molecule has 1 saturated heterocycles. The second-order valence-corrected chi connectivity index (χ2v) is 5.84. The fourth-order valence-corrected chi connectivity index (χ4v) is 3.04. The molecule has 4 heteroatoms. The van der Waals surface area contributed by atoms with Crippen molar-refractivity contribution < 1.29 is 0 Å². The standard InChI is InChI=1S/C15H28N4/c1-4-18(5-2)9-6-10-19-13-17-11-14(19)15(3)7-8-16-12-15/h11,13,16H,4-10,12H2,1-3H3. The van der Waals surface area contributed by atoms with E-state index >= 15 is 0 Å². The molecule has 1 N–H and O–H groups in total. The van der Waals surface area contributed by atoms with Gasteiger partial charge in [0.15, 0.2) is 0 Å². The van der Waals surface area contributed by atoms with Crippen LogP contribution < -0.4 is 5.32 Å². The van der Waals surface area contributed by atoms with Crippen LogP contribution in [0.1, 0.15) is 39.3 Å². The molecule has 0 spiro atoms. The van der Waals surface area contributed by atoms with Crippen molar-refractivity contribution in [3.63, 3.8) is 0 Å². The maximum absolute atomic E-state index is 4.37. The Labute approximate surface area is 117 Å². The van der Waals surface area contributed by atoms with Gasteiger partial charge < -0.3 is 14.8 Å². The highest BCUT2D eigenvalue weighted by molar-refractivity contribution is 5.17. The van der Waals surface area contributed by atoms with Gasteiger partial charge in [0.05, 0.1) is 6.33 Å².